The molecule has 1 aromatic carbocycles. The average Bonchev–Trinajstić information content (AvgIpc) is 3.39. The number of ketones is 1. The summed E-state index contributed by atoms with van der Waals surface area (Å²) in [5.74, 6) is 1.51. The van der Waals surface area contributed by atoms with Crippen molar-refractivity contribution in [1.82, 2.24) is 9.80 Å². The van der Waals surface area contributed by atoms with Gasteiger partial charge in [0.15, 0.2) is 5.78 Å². The molecule has 2 amide bonds. The van der Waals surface area contributed by atoms with E-state index in [1.807, 2.05) is 34.9 Å². The lowest BCUT2D eigenvalue weighted by Crippen LogP contribution is -2.45. The average molecular weight is 396 g/mol. The predicted octanol–water partition coefficient (Wildman–Crippen LogP) is 2.44. The van der Waals surface area contributed by atoms with Crippen LogP contribution in [0.15, 0.2) is 18.2 Å². The maximum absolute atomic E-state index is 13.3. The van der Waals surface area contributed by atoms with Crippen molar-refractivity contribution in [3.05, 3.63) is 29.3 Å². The molecule has 4 aliphatic rings. The first kappa shape index (κ1) is 18.6. The van der Waals surface area contributed by atoms with Gasteiger partial charge in [-0.3, -0.25) is 14.4 Å². The van der Waals surface area contributed by atoms with Crippen LogP contribution in [0, 0.1) is 24.7 Å². The second-order valence-corrected chi connectivity index (χ2v) is 9.21. The fraction of sp³-hybridized carbons (Fsp3) is 0.609. The van der Waals surface area contributed by atoms with E-state index in [4.69, 9.17) is 4.74 Å². The van der Waals surface area contributed by atoms with Gasteiger partial charge in [-0.2, -0.15) is 0 Å². The minimum Gasteiger partial charge on any atom is -0.486 e. The van der Waals surface area contributed by atoms with E-state index in [9.17, 15) is 14.4 Å². The molecule has 5 rings (SSSR count). The highest BCUT2D eigenvalue weighted by Gasteiger charge is 2.71. The number of benzene rings is 1. The quantitative estimate of drug-likeness (QED) is 0.731. The van der Waals surface area contributed by atoms with Gasteiger partial charge in [0.1, 0.15) is 11.4 Å². The van der Waals surface area contributed by atoms with Crippen molar-refractivity contribution in [2.24, 2.45) is 17.8 Å². The van der Waals surface area contributed by atoms with Crippen molar-refractivity contribution in [3.63, 3.8) is 0 Å². The highest BCUT2D eigenvalue weighted by atomic mass is 16.5. The summed E-state index contributed by atoms with van der Waals surface area (Å²) in [7, 11) is 0. The predicted molar refractivity (Wildman–Crippen MR) is 107 cm³/mol. The van der Waals surface area contributed by atoms with Gasteiger partial charge in [-0.15, -0.1) is 0 Å². The Kier molecular flexibility index (Phi) is 4.23. The van der Waals surface area contributed by atoms with Gasteiger partial charge in [-0.05, 0) is 44.2 Å². The molecular formula is C23H28N2O4. The highest BCUT2D eigenvalue weighted by molar-refractivity contribution is 6.01. The molecule has 2 heterocycles. The lowest BCUT2D eigenvalue weighted by atomic mass is 9.84. The number of carbonyl (C=O) groups excluding carboxylic acids is 3. The lowest BCUT2D eigenvalue weighted by molar-refractivity contribution is -0.135. The van der Waals surface area contributed by atoms with Crippen molar-refractivity contribution in [1.29, 1.82) is 0 Å². The van der Waals surface area contributed by atoms with Gasteiger partial charge in [0.2, 0.25) is 11.8 Å². The maximum Gasteiger partial charge on any atom is 0.226 e. The van der Waals surface area contributed by atoms with Gasteiger partial charge in [-0.1, -0.05) is 11.6 Å². The van der Waals surface area contributed by atoms with Gasteiger partial charge < -0.3 is 14.5 Å². The van der Waals surface area contributed by atoms with E-state index in [1.54, 1.807) is 6.92 Å². The molecule has 3 fully saturated rings. The van der Waals surface area contributed by atoms with Crippen molar-refractivity contribution in [2.75, 3.05) is 26.2 Å². The summed E-state index contributed by atoms with van der Waals surface area (Å²) in [4.78, 5) is 41.6. The van der Waals surface area contributed by atoms with Crippen LogP contribution in [0.5, 0.6) is 5.75 Å². The number of nitrogens with zero attached hydrogens (tertiary/aromatic N) is 2. The molecule has 154 valence electrons. The molecule has 0 radical (unpaired) electrons. The Labute approximate surface area is 171 Å². The minimum atomic E-state index is -0.512. The summed E-state index contributed by atoms with van der Waals surface area (Å²) >= 11 is 0. The number of Topliss-reactive ketones (excluding diaryl/α,β-unsaturated/α-hetero) is 1. The second kappa shape index (κ2) is 6.57. The van der Waals surface area contributed by atoms with Crippen LogP contribution in [-0.2, 0) is 9.59 Å². The Hall–Kier alpha value is -2.37. The van der Waals surface area contributed by atoms with Crippen LogP contribution in [0.4, 0.5) is 0 Å². The molecular weight excluding hydrogens is 368 g/mol. The molecule has 29 heavy (non-hydrogen) atoms. The van der Waals surface area contributed by atoms with Crippen molar-refractivity contribution >= 4 is 17.6 Å². The summed E-state index contributed by atoms with van der Waals surface area (Å²) < 4.78 is 6.46. The summed E-state index contributed by atoms with van der Waals surface area (Å²) in [6, 6.07) is 5.79. The first-order chi connectivity index (χ1) is 13.9. The summed E-state index contributed by atoms with van der Waals surface area (Å²) in [6.07, 6.45) is 3.00. The van der Waals surface area contributed by atoms with E-state index in [2.05, 4.69) is 0 Å². The molecule has 0 bridgehead atoms. The zero-order chi connectivity index (χ0) is 20.3. The normalized spacial score (nSPS) is 33.0. The molecule has 2 saturated carbocycles. The van der Waals surface area contributed by atoms with Crippen LogP contribution in [0.1, 0.15) is 48.5 Å². The monoisotopic (exact) mass is 396 g/mol. The van der Waals surface area contributed by atoms with Crippen LogP contribution in [0.25, 0.3) is 0 Å². The Morgan fingerprint density at radius 3 is 2.69 bits per heavy atom. The summed E-state index contributed by atoms with van der Waals surface area (Å²) in [6.45, 7) is 6.19. The third-order valence-corrected chi connectivity index (χ3v) is 7.42. The first-order valence-electron chi connectivity index (χ1n) is 10.8. The summed E-state index contributed by atoms with van der Waals surface area (Å²) in [5.41, 5.74) is 1.22. The Morgan fingerprint density at radius 1 is 1.14 bits per heavy atom. The Bertz CT molecular complexity index is 897. The number of fused-ring (bicyclic) bond motifs is 3. The molecule has 6 nitrogen and oxygen atoms in total. The number of carbonyl (C=O) groups is 3. The van der Waals surface area contributed by atoms with Crippen LogP contribution in [0.3, 0.4) is 0 Å². The molecule has 0 N–H and O–H groups in total. The number of ether oxygens (including phenoxy) is 1. The van der Waals surface area contributed by atoms with Gasteiger partial charge in [0.05, 0.1) is 12.0 Å². The molecule has 1 aromatic rings. The first-order valence-corrected chi connectivity index (χ1v) is 10.8. The number of amides is 2. The SMILES string of the molecule is CC(=O)N1CCCN(C(=O)[C@@H]2[C@@H]3CC[C@]4(CC(=O)c5cc(C)ccc5O4)[C@@H]32)CC1. The van der Waals surface area contributed by atoms with Crippen molar-refractivity contribution in [3.8, 4) is 5.75 Å². The zero-order valence-corrected chi connectivity index (χ0v) is 17.1. The lowest BCUT2D eigenvalue weighted by Gasteiger charge is -2.37. The fourth-order valence-electron chi connectivity index (χ4n) is 5.93. The number of aryl methyl sites for hydroxylation is 1. The zero-order valence-electron chi connectivity index (χ0n) is 17.1. The fourth-order valence-corrected chi connectivity index (χ4v) is 5.93. The third kappa shape index (κ3) is 2.95. The highest BCUT2D eigenvalue weighted by Crippen LogP contribution is 2.66. The topological polar surface area (TPSA) is 66.9 Å². The Morgan fingerprint density at radius 2 is 1.90 bits per heavy atom. The van der Waals surface area contributed by atoms with E-state index in [-0.39, 0.29) is 29.4 Å². The van der Waals surface area contributed by atoms with E-state index in [0.29, 0.717) is 49.8 Å². The van der Waals surface area contributed by atoms with Gasteiger partial charge in [0.25, 0.3) is 0 Å². The van der Waals surface area contributed by atoms with Crippen LogP contribution < -0.4 is 4.74 Å². The van der Waals surface area contributed by atoms with E-state index >= 15 is 0 Å². The van der Waals surface area contributed by atoms with E-state index < -0.39 is 5.60 Å². The molecule has 2 aliphatic heterocycles. The van der Waals surface area contributed by atoms with Crippen LogP contribution in [0.2, 0.25) is 0 Å². The van der Waals surface area contributed by atoms with E-state index in [1.165, 1.54) is 0 Å². The molecule has 0 unspecified atom stereocenters. The number of hydrogen-bond donors (Lipinski definition) is 0. The summed E-state index contributed by atoms with van der Waals surface area (Å²) in [5, 5.41) is 0. The van der Waals surface area contributed by atoms with Crippen molar-refractivity contribution < 1.29 is 19.1 Å². The molecule has 4 atom stereocenters. The molecule has 1 spiro atoms. The molecule has 0 aromatic heterocycles. The van der Waals surface area contributed by atoms with Gasteiger partial charge >= 0.3 is 0 Å². The van der Waals surface area contributed by atoms with Crippen LogP contribution >= 0.6 is 0 Å². The van der Waals surface area contributed by atoms with Crippen molar-refractivity contribution in [2.45, 2.75) is 45.1 Å². The smallest absolute Gasteiger partial charge is 0.226 e. The maximum atomic E-state index is 13.3. The van der Waals surface area contributed by atoms with Gasteiger partial charge in [-0.25, -0.2) is 0 Å². The van der Waals surface area contributed by atoms with E-state index in [0.717, 1.165) is 24.8 Å². The molecule has 2 aliphatic carbocycles. The second-order valence-electron chi connectivity index (χ2n) is 9.21. The largest absolute Gasteiger partial charge is 0.486 e. The molecule has 1 saturated heterocycles. The minimum absolute atomic E-state index is 0.0348. The Balaban J connectivity index is 1.32. The molecule has 6 heteroatoms. The van der Waals surface area contributed by atoms with Crippen LogP contribution in [-0.4, -0.2) is 59.2 Å². The number of rotatable bonds is 1. The standard InChI is InChI=1S/C23H28N2O4/c1-14-4-5-19-17(12-14)18(27)13-23(29-19)7-6-16-20(21(16)23)22(28)25-9-3-8-24(10-11-25)15(2)26/h4-5,12,16,20-21H,3,6-11,13H2,1-2H3/t16-,20+,21-,23-/m0/s1. The number of hydrogen-bond acceptors (Lipinski definition) is 4. The van der Waals surface area contributed by atoms with Gasteiger partial charge in [0, 0.05) is 44.9 Å². The third-order valence-electron chi connectivity index (χ3n) is 7.42.